The van der Waals surface area contributed by atoms with Crippen LogP contribution in [0.25, 0.3) is 0 Å². The Labute approximate surface area is 108 Å². The van der Waals surface area contributed by atoms with Crippen molar-refractivity contribution in [3.63, 3.8) is 0 Å². The summed E-state index contributed by atoms with van der Waals surface area (Å²) < 4.78 is 1.49. The Hall–Kier alpha value is -1.96. The van der Waals surface area contributed by atoms with Crippen molar-refractivity contribution in [1.29, 1.82) is 0 Å². The summed E-state index contributed by atoms with van der Waals surface area (Å²) in [5.41, 5.74) is 3.20. The van der Waals surface area contributed by atoms with Gasteiger partial charge in [-0.3, -0.25) is 10.1 Å². The number of rotatable bonds is 5. The first kappa shape index (κ1) is 12.5. The molecule has 1 N–H and O–H groups in total. The second kappa shape index (κ2) is 5.13. The maximum Gasteiger partial charge on any atom is 0.333 e. The van der Waals surface area contributed by atoms with Gasteiger partial charge in [0.2, 0.25) is 5.82 Å². The highest BCUT2D eigenvalue weighted by molar-refractivity contribution is 7.07. The van der Waals surface area contributed by atoms with E-state index in [0.29, 0.717) is 18.1 Å². The molecule has 18 heavy (non-hydrogen) atoms. The highest BCUT2D eigenvalue weighted by Gasteiger charge is 2.23. The molecular weight excluding hydrogens is 254 g/mol. The van der Waals surface area contributed by atoms with Crippen LogP contribution >= 0.6 is 11.3 Å². The zero-order chi connectivity index (χ0) is 13.1. The van der Waals surface area contributed by atoms with E-state index in [1.165, 1.54) is 16.0 Å². The molecule has 2 aromatic rings. The van der Waals surface area contributed by atoms with Gasteiger partial charge in [-0.15, -0.1) is 11.3 Å². The number of aromatic nitrogens is 3. The Bertz CT molecular complexity index is 549. The van der Waals surface area contributed by atoms with Crippen molar-refractivity contribution in [3.8, 4) is 0 Å². The van der Waals surface area contributed by atoms with Crippen molar-refractivity contribution in [2.45, 2.75) is 13.3 Å². The molecule has 0 aliphatic carbocycles. The number of nitro groups is 1. The van der Waals surface area contributed by atoms with Crippen LogP contribution in [-0.2, 0) is 13.5 Å². The molecule has 7 nitrogen and oxygen atoms in total. The van der Waals surface area contributed by atoms with E-state index in [0.717, 1.165) is 12.1 Å². The third-order valence-electron chi connectivity index (χ3n) is 2.53. The molecule has 2 heterocycles. The van der Waals surface area contributed by atoms with E-state index in [1.807, 2.05) is 5.38 Å². The molecule has 0 spiro atoms. The molecule has 2 rings (SSSR count). The molecule has 8 heteroatoms. The van der Waals surface area contributed by atoms with Gasteiger partial charge in [0, 0.05) is 25.4 Å². The first-order valence-corrected chi connectivity index (χ1v) is 6.32. The van der Waals surface area contributed by atoms with Crippen LogP contribution in [-0.4, -0.2) is 26.2 Å². The monoisotopic (exact) mass is 267 g/mol. The average molecular weight is 267 g/mol. The summed E-state index contributed by atoms with van der Waals surface area (Å²) in [4.78, 5) is 14.7. The normalized spacial score (nSPS) is 10.6. The van der Waals surface area contributed by atoms with Crippen LogP contribution in [0.2, 0.25) is 0 Å². The highest BCUT2D eigenvalue weighted by Crippen LogP contribution is 2.26. The molecule has 0 unspecified atom stereocenters. The van der Waals surface area contributed by atoms with Gasteiger partial charge in [0.1, 0.15) is 5.69 Å². The maximum atomic E-state index is 10.9. The molecule has 0 amide bonds. The smallest absolute Gasteiger partial charge is 0.333 e. The van der Waals surface area contributed by atoms with Crippen LogP contribution < -0.4 is 5.32 Å². The van der Waals surface area contributed by atoms with Crippen LogP contribution in [0.3, 0.4) is 0 Å². The van der Waals surface area contributed by atoms with Gasteiger partial charge in [-0.25, -0.2) is 9.67 Å². The summed E-state index contributed by atoms with van der Waals surface area (Å²) in [5, 5.41) is 20.0. The van der Waals surface area contributed by atoms with Crippen molar-refractivity contribution in [2.75, 3.05) is 11.9 Å². The van der Waals surface area contributed by atoms with Gasteiger partial charge in [0.25, 0.3) is 0 Å². The summed E-state index contributed by atoms with van der Waals surface area (Å²) in [6.07, 6.45) is 0.727. The summed E-state index contributed by atoms with van der Waals surface area (Å²) >= 11 is 1.54. The Morgan fingerprint density at radius 2 is 2.39 bits per heavy atom. The number of nitrogens with zero attached hydrogens (tertiary/aromatic N) is 4. The molecule has 0 bridgehead atoms. The van der Waals surface area contributed by atoms with Gasteiger partial charge in [0.05, 0.1) is 16.1 Å². The molecule has 0 radical (unpaired) electrons. The summed E-state index contributed by atoms with van der Waals surface area (Å²) in [7, 11) is 1.69. The molecule has 0 fully saturated rings. The number of thiazole rings is 1. The summed E-state index contributed by atoms with van der Waals surface area (Å²) in [6, 6.07) is 0. The lowest BCUT2D eigenvalue weighted by molar-refractivity contribution is -0.384. The maximum absolute atomic E-state index is 10.9. The zero-order valence-corrected chi connectivity index (χ0v) is 10.9. The van der Waals surface area contributed by atoms with Crippen LogP contribution in [0, 0.1) is 17.0 Å². The lowest BCUT2D eigenvalue weighted by atomic mass is 10.3. The lowest BCUT2D eigenvalue weighted by Crippen LogP contribution is -2.10. The van der Waals surface area contributed by atoms with Gasteiger partial charge in [0.15, 0.2) is 0 Å². The molecule has 0 aromatic carbocycles. The largest absolute Gasteiger partial charge is 0.364 e. The second-order valence-electron chi connectivity index (χ2n) is 3.82. The number of hydrogen-bond donors (Lipinski definition) is 1. The van der Waals surface area contributed by atoms with Gasteiger partial charge in [-0.2, -0.15) is 5.10 Å². The first-order valence-electron chi connectivity index (χ1n) is 5.38. The fourth-order valence-electron chi connectivity index (χ4n) is 1.73. The molecule has 0 atom stereocenters. The van der Waals surface area contributed by atoms with E-state index in [1.54, 1.807) is 19.5 Å². The summed E-state index contributed by atoms with van der Waals surface area (Å²) in [5.74, 6) is 0.438. The van der Waals surface area contributed by atoms with E-state index in [9.17, 15) is 10.1 Å². The Balaban J connectivity index is 2.07. The average Bonchev–Trinajstić information content (AvgIpc) is 2.87. The first-order chi connectivity index (χ1) is 8.59. The standard InChI is InChI=1S/C10H13N5O2S/c1-7-9(15(16)17)10(14(2)13-7)11-4-3-8-5-18-6-12-8/h5-6,11H,3-4H2,1-2H3. The summed E-state index contributed by atoms with van der Waals surface area (Å²) in [6.45, 7) is 2.22. The van der Waals surface area contributed by atoms with Crippen LogP contribution in [0.4, 0.5) is 11.5 Å². The van der Waals surface area contributed by atoms with Gasteiger partial charge < -0.3 is 5.32 Å². The Morgan fingerprint density at radius 1 is 1.61 bits per heavy atom. The van der Waals surface area contributed by atoms with E-state index < -0.39 is 4.92 Å². The molecular formula is C10H13N5O2S. The van der Waals surface area contributed by atoms with Crippen molar-refractivity contribution < 1.29 is 4.92 Å². The van der Waals surface area contributed by atoms with E-state index in [4.69, 9.17) is 0 Å². The van der Waals surface area contributed by atoms with Crippen LogP contribution in [0.15, 0.2) is 10.9 Å². The van der Waals surface area contributed by atoms with Gasteiger partial charge >= 0.3 is 5.69 Å². The van der Waals surface area contributed by atoms with E-state index in [-0.39, 0.29) is 5.69 Å². The number of anilines is 1. The Kier molecular flexibility index (Phi) is 3.56. The third-order valence-corrected chi connectivity index (χ3v) is 3.17. The predicted octanol–water partition coefficient (Wildman–Crippen LogP) is 1.75. The third kappa shape index (κ3) is 2.48. The zero-order valence-electron chi connectivity index (χ0n) is 10.1. The minimum Gasteiger partial charge on any atom is -0.364 e. The fourth-order valence-corrected chi connectivity index (χ4v) is 2.33. The van der Waals surface area contributed by atoms with Crippen molar-refractivity contribution in [2.24, 2.45) is 7.05 Å². The minimum absolute atomic E-state index is 0.0378. The highest BCUT2D eigenvalue weighted by atomic mass is 32.1. The number of nitrogens with one attached hydrogen (secondary N) is 1. The molecule has 96 valence electrons. The van der Waals surface area contributed by atoms with E-state index >= 15 is 0 Å². The van der Waals surface area contributed by atoms with Gasteiger partial charge in [-0.05, 0) is 6.92 Å². The minimum atomic E-state index is -0.409. The quantitative estimate of drug-likeness (QED) is 0.658. The molecule has 0 saturated carbocycles. The molecule has 0 aliphatic heterocycles. The predicted molar refractivity (Wildman–Crippen MR) is 68.9 cm³/mol. The number of hydrogen-bond acceptors (Lipinski definition) is 6. The lowest BCUT2D eigenvalue weighted by Gasteiger charge is -2.04. The van der Waals surface area contributed by atoms with Gasteiger partial charge in [-0.1, -0.05) is 0 Å². The van der Waals surface area contributed by atoms with Crippen molar-refractivity contribution in [3.05, 3.63) is 32.4 Å². The number of aryl methyl sites for hydroxylation is 2. The van der Waals surface area contributed by atoms with E-state index in [2.05, 4.69) is 15.4 Å². The van der Waals surface area contributed by atoms with Crippen molar-refractivity contribution >= 4 is 22.8 Å². The topological polar surface area (TPSA) is 85.9 Å². The molecule has 0 aliphatic rings. The van der Waals surface area contributed by atoms with Crippen molar-refractivity contribution in [1.82, 2.24) is 14.8 Å². The second-order valence-corrected chi connectivity index (χ2v) is 4.54. The SMILES string of the molecule is Cc1nn(C)c(NCCc2cscn2)c1[N+](=O)[O-]. The fraction of sp³-hybridized carbons (Fsp3) is 0.400. The van der Waals surface area contributed by atoms with Crippen LogP contribution in [0.5, 0.6) is 0 Å². The molecule has 2 aromatic heterocycles. The Morgan fingerprint density at radius 3 is 3.00 bits per heavy atom. The molecule has 0 saturated heterocycles. The van der Waals surface area contributed by atoms with Crippen LogP contribution in [0.1, 0.15) is 11.4 Å².